The van der Waals surface area contributed by atoms with Crippen LogP contribution in [0.5, 0.6) is 0 Å². The van der Waals surface area contributed by atoms with Gasteiger partial charge in [0, 0.05) is 25.4 Å². The van der Waals surface area contributed by atoms with Crippen LogP contribution in [0.2, 0.25) is 0 Å². The number of ether oxygens (including phenoxy) is 1. The number of anilines is 2. The van der Waals surface area contributed by atoms with E-state index in [2.05, 4.69) is 10.6 Å². The van der Waals surface area contributed by atoms with E-state index in [0.717, 1.165) is 0 Å². The van der Waals surface area contributed by atoms with Crippen molar-refractivity contribution in [2.75, 3.05) is 31.3 Å². The molecular weight excluding hydrogens is 256 g/mol. The molecule has 0 spiro atoms. The quantitative estimate of drug-likeness (QED) is 0.242. The van der Waals surface area contributed by atoms with Gasteiger partial charge in [0.1, 0.15) is 5.69 Å². The van der Waals surface area contributed by atoms with Crippen molar-refractivity contribution >= 4 is 34.4 Å². The Bertz CT molecular complexity index is 453. The van der Waals surface area contributed by atoms with Gasteiger partial charge in [-0.15, -0.1) is 0 Å². The molecule has 1 rings (SSSR count). The van der Waals surface area contributed by atoms with Crippen molar-refractivity contribution in [3.05, 3.63) is 28.3 Å². The molecule has 98 valence electrons. The van der Waals surface area contributed by atoms with E-state index in [9.17, 15) is 10.1 Å². The number of nitro benzene ring substituents is 1. The predicted molar refractivity (Wildman–Crippen MR) is 73.6 cm³/mol. The van der Waals surface area contributed by atoms with E-state index in [1.165, 1.54) is 12.1 Å². The third kappa shape index (κ3) is 4.15. The fourth-order valence-corrected chi connectivity index (χ4v) is 1.44. The van der Waals surface area contributed by atoms with Crippen molar-refractivity contribution in [1.82, 2.24) is 5.32 Å². The second-order valence-electron chi connectivity index (χ2n) is 3.40. The number of hydrogen-bond acceptors (Lipinski definition) is 5. The molecule has 8 heteroatoms. The number of nitro groups is 1. The number of rotatable bonds is 5. The number of nitrogens with two attached hydrogens (primary N) is 1. The lowest BCUT2D eigenvalue weighted by molar-refractivity contribution is -0.383. The van der Waals surface area contributed by atoms with Gasteiger partial charge in [-0.3, -0.25) is 10.1 Å². The van der Waals surface area contributed by atoms with Crippen LogP contribution in [-0.2, 0) is 4.74 Å². The minimum Gasteiger partial charge on any atom is -0.393 e. The summed E-state index contributed by atoms with van der Waals surface area (Å²) in [6.07, 6.45) is 0. The van der Waals surface area contributed by atoms with Crippen molar-refractivity contribution in [3.8, 4) is 0 Å². The summed E-state index contributed by atoms with van der Waals surface area (Å²) in [7, 11) is 1.58. The number of benzene rings is 1. The summed E-state index contributed by atoms with van der Waals surface area (Å²) in [6.45, 7) is 1.07. The van der Waals surface area contributed by atoms with Crippen LogP contribution in [0.3, 0.4) is 0 Å². The topological polar surface area (TPSA) is 102 Å². The summed E-state index contributed by atoms with van der Waals surface area (Å²) in [5.41, 5.74) is 5.95. The maximum absolute atomic E-state index is 10.7. The molecule has 0 aliphatic carbocycles. The highest BCUT2D eigenvalue weighted by molar-refractivity contribution is 7.80. The van der Waals surface area contributed by atoms with Crippen molar-refractivity contribution < 1.29 is 9.66 Å². The van der Waals surface area contributed by atoms with Crippen molar-refractivity contribution in [1.29, 1.82) is 0 Å². The van der Waals surface area contributed by atoms with Gasteiger partial charge >= 0.3 is 0 Å². The van der Waals surface area contributed by atoms with Gasteiger partial charge in [-0.1, -0.05) is 0 Å². The second kappa shape index (κ2) is 6.72. The van der Waals surface area contributed by atoms with Crippen LogP contribution in [0.25, 0.3) is 0 Å². The Kier molecular flexibility index (Phi) is 5.28. The third-order valence-corrected chi connectivity index (χ3v) is 2.32. The lowest BCUT2D eigenvalue weighted by Gasteiger charge is -2.10. The number of nitrogens with zero attached hydrogens (tertiary/aromatic N) is 1. The van der Waals surface area contributed by atoms with Crippen LogP contribution in [-0.4, -0.2) is 30.3 Å². The molecule has 0 radical (unpaired) electrons. The van der Waals surface area contributed by atoms with Crippen LogP contribution in [0.4, 0.5) is 17.1 Å². The zero-order valence-corrected chi connectivity index (χ0v) is 10.6. The third-order valence-electron chi connectivity index (χ3n) is 2.08. The number of hydrogen-bond donors (Lipinski definition) is 3. The van der Waals surface area contributed by atoms with Crippen molar-refractivity contribution in [2.45, 2.75) is 0 Å². The molecule has 1 aromatic rings. The van der Waals surface area contributed by atoms with Gasteiger partial charge in [0.25, 0.3) is 5.69 Å². The first-order chi connectivity index (χ1) is 8.54. The summed E-state index contributed by atoms with van der Waals surface area (Å²) in [5.74, 6) is 0. The Morgan fingerprint density at radius 3 is 2.94 bits per heavy atom. The van der Waals surface area contributed by atoms with Gasteiger partial charge in [-0.25, -0.2) is 0 Å². The highest BCUT2D eigenvalue weighted by Gasteiger charge is 2.12. The van der Waals surface area contributed by atoms with E-state index >= 15 is 0 Å². The Morgan fingerprint density at radius 2 is 2.33 bits per heavy atom. The number of nitrogen functional groups attached to an aromatic ring is 1. The van der Waals surface area contributed by atoms with E-state index in [-0.39, 0.29) is 11.4 Å². The molecule has 4 N–H and O–H groups in total. The SMILES string of the molecule is COCCNC(=S)Nc1ccc(N)c([N+](=O)[O-])c1. The molecule has 0 saturated heterocycles. The number of thiocarbonyl (C=S) groups is 1. The second-order valence-corrected chi connectivity index (χ2v) is 3.81. The monoisotopic (exact) mass is 270 g/mol. The summed E-state index contributed by atoms with van der Waals surface area (Å²) in [6, 6.07) is 4.41. The van der Waals surface area contributed by atoms with Gasteiger partial charge in [0.2, 0.25) is 0 Å². The first kappa shape index (κ1) is 14.1. The fraction of sp³-hybridized carbons (Fsp3) is 0.300. The summed E-state index contributed by atoms with van der Waals surface area (Å²) in [5, 5.41) is 16.8. The molecule has 1 aromatic carbocycles. The molecule has 18 heavy (non-hydrogen) atoms. The van der Waals surface area contributed by atoms with E-state index in [1.807, 2.05) is 0 Å². The molecule has 0 saturated carbocycles. The summed E-state index contributed by atoms with van der Waals surface area (Å²) in [4.78, 5) is 10.2. The first-order valence-corrected chi connectivity index (χ1v) is 5.53. The van der Waals surface area contributed by atoms with Crippen LogP contribution in [0.1, 0.15) is 0 Å². The average molecular weight is 270 g/mol. The average Bonchev–Trinajstić information content (AvgIpc) is 2.31. The van der Waals surface area contributed by atoms with Gasteiger partial charge in [-0.05, 0) is 24.4 Å². The largest absolute Gasteiger partial charge is 0.393 e. The number of methoxy groups -OCH3 is 1. The molecule has 0 aliphatic heterocycles. The first-order valence-electron chi connectivity index (χ1n) is 5.12. The molecule has 0 bridgehead atoms. The van der Waals surface area contributed by atoms with E-state index in [1.54, 1.807) is 13.2 Å². The lowest BCUT2D eigenvalue weighted by Crippen LogP contribution is -2.31. The van der Waals surface area contributed by atoms with E-state index < -0.39 is 4.92 Å². The molecule has 0 unspecified atom stereocenters. The van der Waals surface area contributed by atoms with Gasteiger partial charge in [0.15, 0.2) is 5.11 Å². The molecular formula is C10H14N4O3S. The minimum atomic E-state index is -0.540. The standard InChI is InChI=1S/C10H14N4O3S/c1-17-5-4-12-10(18)13-7-2-3-8(11)9(6-7)14(15)16/h2-3,6H,4-5,11H2,1H3,(H2,12,13,18). The smallest absolute Gasteiger partial charge is 0.294 e. The fourth-order valence-electron chi connectivity index (χ4n) is 1.22. The van der Waals surface area contributed by atoms with E-state index in [4.69, 9.17) is 22.7 Å². The minimum absolute atomic E-state index is 0.115. The van der Waals surface area contributed by atoms with Crippen LogP contribution in [0, 0.1) is 10.1 Å². The predicted octanol–water partition coefficient (Wildman–Crippen LogP) is 1.11. The molecule has 0 fully saturated rings. The Balaban J connectivity index is 2.65. The Hall–Kier alpha value is -1.93. The lowest BCUT2D eigenvalue weighted by atomic mass is 10.2. The Labute approximate surface area is 109 Å². The summed E-state index contributed by atoms with van der Waals surface area (Å²) < 4.78 is 4.85. The molecule has 0 aliphatic rings. The molecule has 0 atom stereocenters. The Morgan fingerprint density at radius 1 is 1.61 bits per heavy atom. The highest BCUT2D eigenvalue weighted by atomic mass is 32.1. The van der Waals surface area contributed by atoms with Crippen LogP contribution < -0.4 is 16.4 Å². The van der Waals surface area contributed by atoms with Crippen LogP contribution >= 0.6 is 12.2 Å². The van der Waals surface area contributed by atoms with Gasteiger partial charge in [-0.2, -0.15) is 0 Å². The highest BCUT2D eigenvalue weighted by Crippen LogP contribution is 2.24. The number of nitrogens with one attached hydrogen (secondary N) is 2. The van der Waals surface area contributed by atoms with Gasteiger partial charge in [0.05, 0.1) is 11.5 Å². The maximum Gasteiger partial charge on any atom is 0.294 e. The van der Waals surface area contributed by atoms with Crippen molar-refractivity contribution in [2.24, 2.45) is 0 Å². The van der Waals surface area contributed by atoms with Crippen molar-refractivity contribution in [3.63, 3.8) is 0 Å². The van der Waals surface area contributed by atoms with Gasteiger partial charge < -0.3 is 21.1 Å². The summed E-state index contributed by atoms with van der Waals surface area (Å²) >= 11 is 5.01. The molecule has 0 aromatic heterocycles. The van der Waals surface area contributed by atoms with Crippen LogP contribution in [0.15, 0.2) is 18.2 Å². The normalized spacial score (nSPS) is 9.83. The molecule has 7 nitrogen and oxygen atoms in total. The molecule has 0 amide bonds. The van der Waals surface area contributed by atoms with E-state index in [0.29, 0.717) is 24.0 Å². The zero-order chi connectivity index (χ0) is 13.5. The molecule has 0 heterocycles. The zero-order valence-electron chi connectivity index (χ0n) is 9.80. The maximum atomic E-state index is 10.7.